The molecule has 0 aliphatic carbocycles. The van der Waals surface area contributed by atoms with E-state index in [0.717, 1.165) is 0 Å². The van der Waals surface area contributed by atoms with Crippen LogP contribution in [0.25, 0.3) is 10.9 Å². The second-order valence-electron chi connectivity index (χ2n) is 4.52. The summed E-state index contributed by atoms with van der Waals surface area (Å²) >= 11 is 0. The van der Waals surface area contributed by atoms with E-state index in [4.69, 9.17) is 9.84 Å². The summed E-state index contributed by atoms with van der Waals surface area (Å²) in [4.78, 5) is 14.7. The lowest BCUT2D eigenvalue weighted by Gasteiger charge is -2.18. The average Bonchev–Trinajstić information content (AvgIpc) is 2.93. The lowest BCUT2D eigenvalue weighted by Crippen LogP contribution is -2.20. The summed E-state index contributed by atoms with van der Waals surface area (Å²) in [7, 11) is 1.28. The SMILES string of the molecule is COC(=O)c1cc(C(O)C(O)CCO)cc2[nH]ccc12. The van der Waals surface area contributed by atoms with Crippen molar-refractivity contribution in [1.29, 1.82) is 0 Å². The fourth-order valence-corrected chi connectivity index (χ4v) is 2.15. The highest BCUT2D eigenvalue weighted by atomic mass is 16.5. The van der Waals surface area contributed by atoms with Crippen LogP contribution in [0.5, 0.6) is 0 Å². The van der Waals surface area contributed by atoms with E-state index in [1.165, 1.54) is 13.2 Å². The van der Waals surface area contributed by atoms with Crippen LogP contribution in [0, 0.1) is 0 Å². The maximum atomic E-state index is 11.8. The van der Waals surface area contributed by atoms with Crippen molar-refractivity contribution >= 4 is 16.9 Å². The summed E-state index contributed by atoms with van der Waals surface area (Å²) < 4.78 is 4.72. The number of carbonyl (C=O) groups excluding carboxylic acids is 1. The largest absolute Gasteiger partial charge is 0.465 e. The van der Waals surface area contributed by atoms with E-state index in [-0.39, 0.29) is 13.0 Å². The van der Waals surface area contributed by atoms with Crippen LogP contribution in [0.2, 0.25) is 0 Å². The van der Waals surface area contributed by atoms with Crippen molar-refractivity contribution in [2.75, 3.05) is 13.7 Å². The molecule has 108 valence electrons. The van der Waals surface area contributed by atoms with Gasteiger partial charge in [0.05, 0.1) is 18.8 Å². The first-order valence-corrected chi connectivity index (χ1v) is 6.24. The normalized spacial score (nSPS) is 14.2. The number of fused-ring (bicyclic) bond motifs is 1. The third-order valence-corrected chi connectivity index (χ3v) is 3.23. The van der Waals surface area contributed by atoms with Gasteiger partial charge in [0.2, 0.25) is 0 Å². The molecule has 1 aromatic heterocycles. The molecule has 0 bridgehead atoms. The number of methoxy groups -OCH3 is 1. The third kappa shape index (κ3) is 2.67. The molecule has 0 amide bonds. The van der Waals surface area contributed by atoms with E-state index < -0.39 is 18.2 Å². The van der Waals surface area contributed by atoms with E-state index in [0.29, 0.717) is 22.0 Å². The van der Waals surface area contributed by atoms with Gasteiger partial charge >= 0.3 is 5.97 Å². The minimum Gasteiger partial charge on any atom is -0.465 e. The van der Waals surface area contributed by atoms with E-state index >= 15 is 0 Å². The van der Waals surface area contributed by atoms with E-state index in [9.17, 15) is 15.0 Å². The molecule has 4 N–H and O–H groups in total. The first-order chi connectivity index (χ1) is 9.58. The minimum absolute atomic E-state index is 0.0531. The summed E-state index contributed by atoms with van der Waals surface area (Å²) in [6.07, 6.45) is -0.550. The zero-order chi connectivity index (χ0) is 14.7. The predicted octanol–water partition coefficient (Wildman–Crippen LogP) is 0.731. The molecule has 1 aromatic carbocycles. The number of H-pyrrole nitrogens is 1. The number of aromatic amines is 1. The summed E-state index contributed by atoms with van der Waals surface area (Å²) in [5.41, 5.74) is 1.37. The lowest BCUT2D eigenvalue weighted by atomic mass is 9.98. The van der Waals surface area contributed by atoms with Crippen LogP contribution in [0.4, 0.5) is 0 Å². The average molecular weight is 279 g/mol. The van der Waals surface area contributed by atoms with Crippen LogP contribution < -0.4 is 0 Å². The summed E-state index contributed by atoms with van der Waals surface area (Å²) in [5.74, 6) is -0.514. The molecule has 6 heteroatoms. The molecule has 6 nitrogen and oxygen atoms in total. The van der Waals surface area contributed by atoms with Gasteiger partial charge in [0.25, 0.3) is 0 Å². The quantitative estimate of drug-likeness (QED) is 0.604. The number of aliphatic hydroxyl groups is 3. The number of aliphatic hydroxyl groups excluding tert-OH is 3. The maximum Gasteiger partial charge on any atom is 0.338 e. The van der Waals surface area contributed by atoms with E-state index in [1.807, 2.05) is 0 Å². The molecule has 0 fully saturated rings. The summed E-state index contributed by atoms with van der Waals surface area (Å²) in [6.45, 7) is -0.229. The number of rotatable bonds is 5. The van der Waals surface area contributed by atoms with Gasteiger partial charge < -0.3 is 25.0 Å². The molecule has 0 radical (unpaired) electrons. The molecule has 0 aliphatic rings. The number of ether oxygens (including phenoxy) is 1. The Balaban J connectivity index is 2.46. The molecule has 0 saturated carbocycles. The smallest absolute Gasteiger partial charge is 0.338 e. The van der Waals surface area contributed by atoms with Crippen LogP contribution in [0.1, 0.15) is 28.4 Å². The highest BCUT2D eigenvalue weighted by Gasteiger charge is 2.21. The second-order valence-corrected chi connectivity index (χ2v) is 4.52. The second kappa shape index (κ2) is 6.04. The molecule has 0 saturated heterocycles. The molecule has 2 rings (SSSR count). The highest BCUT2D eigenvalue weighted by molar-refractivity contribution is 6.04. The molecule has 2 unspecified atom stereocenters. The van der Waals surface area contributed by atoms with Crippen LogP contribution in [-0.4, -0.2) is 46.1 Å². The number of hydrogen-bond acceptors (Lipinski definition) is 5. The van der Waals surface area contributed by atoms with Gasteiger partial charge in [-0.1, -0.05) is 0 Å². The maximum absolute atomic E-state index is 11.8. The zero-order valence-corrected chi connectivity index (χ0v) is 11.0. The summed E-state index contributed by atoms with van der Waals surface area (Å²) in [6, 6.07) is 4.89. The van der Waals surface area contributed by atoms with Gasteiger partial charge in [0.1, 0.15) is 6.10 Å². The minimum atomic E-state index is -1.18. The van der Waals surface area contributed by atoms with Gasteiger partial charge in [-0.05, 0) is 30.2 Å². The van der Waals surface area contributed by atoms with Gasteiger partial charge in [-0.2, -0.15) is 0 Å². The number of hydrogen-bond donors (Lipinski definition) is 4. The van der Waals surface area contributed by atoms with Gasteiger partial charge in [-0.15, -0.1) is 0 Å². The van der Waals surface area contributed by atoms with E-state index in [1.54, 1.807) is 18.3 Å². The third-order valence-electron chi connectivity index (χ3n) is 3.23. The Morgan fingerprint density at radius 2 is 2.15 bits per heavy atom. The molecule has 2 atom stereocenters. The van der Waals surface area contributed by atoms with Crippen molar-refractivity contribution in [3.63, 3.8) is 0 Å². The molecule has 0 aliphatic heterocycles. The van der Waals surface area contributed by atoms with Crippen molar-refractivity contribution in [2.45, 2.75) is 18.6 Å². The number of nitrogens with one attached hydrogen (secondary N) is 1. The van der Waals surface area contributed by atoms with Crippen molar-refractivity contribution in [3.05, 3.63) is 35.5 Å². The van der Waals surface area contributed by atoms with Crippen LogP contribution in [0.15, 0.2) is 24.4 Å². The first-order valence-electron chi connectivity index (χ1n) is 6.24. The highest BCUT2D eigenvalue weighted by Crippen LogP contribution is 2.27. The Kier molecular flexibility index (Phi) is 4.39. The lowest BCUT2D eigenvalue weighted by molar-refractivity contribution is 0.00420. The Bertz CT molecular complexity index is 607. The molecule has 0 spiro atoms. The Morgan fingerprint density at radius 3 is 2.80 bits per heavy atom. The number of esters is 1. The Hall–Kier alpha value is -1.89. The molecular formula is C14H17NO5. The van der Waals surface area contributed by atoms with Crippen LogP contribution >= 0.6 is 0 Å². The van der Waals surface area contributed by atoms with Crippen molar-refractivity contribution in [1.82, 2.24) is 4.98 Å². The summed E-state index contributed by atoms with van der Waals surface area (Å²) in [5, 5.41) is 29.3. The van der Waals surface area contributed by atoms with Gasteiger partial charge in [-0.3, -0.25) is 0 Å². The zero-order valence-electron chi connectivity index (χ0n) is 11.0. The fraction of sp³-hybridized carbons (Fsp3) is 0.357. The van der Waals surface area contributed by atoms with Crippen LogP contribution in [0.3, 0.4) is 0 Å². The van der Waals surface area contributed by atoms with Gasteiger partial charge in [0.15, 0.2) is 0 Å². The molecule has 2 aromatic rings. The van der Waals surface area contributed by atoms with Gasteiger partial charge in [-0.25, -0.2) is 4.79 Å². The van der Waals surface area contributed by atoms with E-state index in [2.05, 4.69) is 4.98 Å². The monoisotopic (exact) mass is 279 g/mol. The Morgan fingerprint density at radius 1 is 1.40 bits per heavy atom. The van der Waals surface area contributed by atoms with Crippen molar-refractivity contribution in [3.8, 4) is 0 Å². The number of benzene rings is 1. The molecule has 20 heavy (non-hydrogen) atoms. The van der Waals surface area contributed by atoms with Crippen LogP contribution in [-0.2, 0) is 4.74 Å². The first kappa shape index (κ1) is 14.5. The van der Waals surface area contributed by atoms with Gasteiger partial charge in [0, 0.05) is 23.7 Å². The van der Waals surface area contributed by atoms with Crippen molar-refractivity contribution < 1.29 is 24.9 Å². The molecular weight excluding hydrogens is 262 g/mol. The Labute approximate surface area is 115 Å². The van der Waals surface area contributed by atoms with Crippen molar-refractivity contribution in [2.24, 2.45) is 0 Å². The number of aromatic nitrogens is 1. The standard InChI is InChI=1S/C14H17NO5/c1-20-14(19)10-6-8(13(18)12(17)3-5-16)7-11-9(10)2-4-15-11/h2,4,6-7,12-13,15-18H,3,5H2,1H3. The topological polar surface area (TPSA) is 103 Å². The number of carbonyl (C=O) groups is 1. The fourth-order valence-electron chi connectivity index (χ4n) is 2.15. The predicted molar refractivity (Wildman–Crippen MR) is 72.3 cm³/mol. The molecule has 1 heterocycles.